The summed E-state index contributed by atoms with van der Waals surface area (Å²) in [5.41, 5.74) is 1.23. The van der Waals surface area contributed by atoms with Crippen molar-refractivity contribution in [3.05, 3.63) is 60.2 Å². The number of likely N-dealkylation sites (N-methyl/N-ethyl adjacent to an activating group) is 1. The minimum Gasteiger partial charge on any atom is -0.446 e. The van der Waals surface area contributed by atoms with Gasteiger partial charge >= 0.3 is 6.09 Å². The number of nitrogens with zero attached hydrogens (tertiary/aromatic N) is 2. The first-order valence-electron chi connectivity index (χ1n) is 10.8. The molecule has 5 rings (SSSR count). The average molecular weight is 402 g/mol. The summed E-state index contributed by atoms with van der Waals surface area (Å²) in [6.45, 7) is 5.46. The smallest absolute Gasteiger partial charge is 0.410 e. The molecule has 0 saturated carbocycles. The molecule has 154 valence electrons. The van der Waals surface area contributed by atoms with Gasteiger partial charge in [0.25, 0.3) is 0 Å². The summed E-state index contributed by atoms with van der Waals surface area (Å²) in [6.07, 6.45) is 0.371. The standard InChI is InChI=1S/C26H29N2O2/c1-18(30-26(29)27-13-15-28(2,3)16-14-27)17-22-10-9-21-8-7-19-5-4-6-20-11-12-23(22)25(21)24(19)20/h4-12,18H,13-17H2,1-3H3/q+1/t18-/m1/s1. The maximum atomic E-state index is 12.6. The molecule has 1 aliphatic heterocycles. The van der Waals surface area contributed by atoms with Gasteiger partial charge in [-0.2, -0.15) is 0 Å². The van der Waals surface area contributed by atoms with Crippen LogP contribution in [0.2, 0.25) is 0 Å². The van der Waals surface area contributed by atoms with E-state index in [2.05, 4.69) is 68.7 Å². The van der Waals surface area contributed by atoms with Crippen molar-refractivity contribution in [2.75, 3.05) is 40.3 Å². The lowest BCUT2D eigenvalue weighted by Crippen LogP contribution is -2.56. The molecule has 0 spiro atoms. The third-order valence-electron chi connectivity index (χ3n) is 6.64. The molecule has 4 nitrogen and oxygen atoms in total. The Hall–Kier alpha value is -2.85. The molecule has 1 saturated heterocycles. The Morgan fingerprint density at radius 2 is 1.53 bits per heavy atom. The molecular weight excluding hydrogens is 372 g/mol. The van der Waals surface area contributed by atoms with Gasteiger partial charge in [0.2, 0.25) is 0 Å². The summed E-state index contributed by atoms with van der Waals surface area (Å²) in [5.74, 6) is 0. The van der Waals surface area contributed by atoms with Crippen LogP contribution in [0.1, 0.15) is 12.5 Å². The number of rotatable bonds is 3. The Labute approximate surface area is 177 Å². The van der Waals surface area contributed by atoms with Gasteiger partial charge < -0.3 is 9.22 Å². The van der Waals surface area contributed by atoms with Crippen LogP contribution in [0.3, 0.4) is 0 Å². The molecule has 0 aromatic heterocycles. The SMILES string of the molecule is C[C@H](Cc1ccc2ccc3cccc4ccc1c2c34)OC(=O)N1CC[N+](C)(C)CC1. The highest BCUT2D eigenvalue weighted by molar-refractivity contribution is 6.23. The van der Waals surface area contributed by atoms with E-state index < -0.39 is 0 Å². The molecule has 1 heterocycles. The number of hydrogen-bond acceptors (Lipinski definition) is 2. The largest absolute Gasteiger partial charge is 0.446 e. The lowest BCUT2D eigenvalue weighted by Gasteiger charge is -2.38. The van der Waals surface area contributed by atoms with Gasteiger partial charge in [-0.15, -0.1) is 0 Å². The van der Waals surface area contributed by atoms with Gasteiger partial charge in [-0.25, -0.2) is 4.79 Å². The van der Waals surface area contributed by atoms with E-state index in [0.717, 1.165) is 37.1 Å². The van der Waals surface area contributed by atoms with Crippen molar-refractivity contribution in [3.63, 3.8) is 0 Å². The topological polar surface area (TPSA) is 29.5 Å². The van der Waals surface area contributed by atoms with E-state index in [9.17, 15) is 4.79 Å². The van der Waals surface area contributed by atoms with Gasteiger partial charge in [0.1, 0.15) is 6.10 Å². The van der Waals surface area contributed by atoms with E-state index in [1.807, 2.05) is 11.8 Å². The molecule has 0 bridgehead atoms. The highest BCUT2D eigenvalue weighted by Gasteiger charge is 2.29. The number of benzene rings is 4. The van der Waals surface area contributed by atoms with Crippen molar-refractivity contribution < 1.29 is 14.0 Å². The maximum Gasteiger partial charge on any atom is 0.410 e. The molecule has 1 aliphatic rings. The Bertz CT molecular complexity index is 1200. The Balaban J connectivity index is 1.39. The van der Waals surface area contributed by atoms with Crippen molar-refractivity contribution in [1.82, 2.24) is 4.90 Å². The number of amides is 1. The zero-order valence-electron chi connectivity index (χ0n) is 18.0. The molecule has 1 atom stereocenters. The van der Waals surface area contributed by atoms with Crippen LogP contribution in [0.5, 0.6) is 0 Å². The van der Waals surface area contributed by atoms with Gasteiger partial charge in [-0.1, -0.05) is 54.6 Å². The zero-order chi connectivity index (χ0) is 20.9. The third kappa shape index (κ3) is 3.35. The van der Waals surface area contributed by atoms with Crippen molar-refractivity contribution in [2.24, 2.45) is 0 Å². The van der Waals surface area contributed by atoms with Crippen LogP contribution in [-0.2, 0) is 11.2 Å². The summed E-state index contributed by atoms with van der Waals surface area (Å²) in [6, 6.07) is 19.7. The Morgan fingerprint density at radius 3 is 2.23 bits per heavy atom. The molecular formula is C26H29N2O2+. The van der Waals surface area contributed by atoms with Crippen LogP contribution in [0.25, 0.3) is 32.3 Å². The number of piperazine rings is 1. The van der Waals surface area contributed by atoms with E-state index >= 15 is 0 Å². The Kier molecular flexibility index (Phi) is 4.55. The average Bonchev–Trinajstić information content (AvgIpc) is 2.73. The first kappa shape index (κ1) is 19.1. The zero-order valence-corrected chi connectivity index (χ0v) is 18.0. The van der Waals surface area contributed by atoms with Crippen LogP contribution < -0.4 is 0 Å². The summed E-state index contributed by atoms with van der Waals surface area (Å²) < 4.78 is 6.79. The normalized spacial score (nSPS) is 17.6. The summed E-state index contributed by atoms with van der Waals surface area (Å²) in [4.78, 5) is 14.5. The molecule has 0 unspecified atom stereocenters. The predicted molar refractivity (Wildman–Crippen MR) is 123 cm³/mol. The molecule has 30 heavy (non-hydrogen) atoms. The van der Waals surface area contributed by atoms with E-state index in [1.54, 1.807) is 0 Å². The first-order valence-corrected chi connectivity index (χ1v) is 10.8. The summed E-state index contributed by atoms with van der Waals surface area (Å²) >= 11 is 0. The van der Waals surface area contributed by atoms with Gasteiger partial charge in [0, 0.05) is 6.42 Å². The van der Waals surface area contributed by atoms with E-state index in [-0.39, 0.29) is 12.2 Å². The van der Waals surface area contributed by atoms with Gasteiger partial charge in [0.05, 0.1) is 40.3 Å². The second kappa shape index (κ2) is 7.13. The highest BCUT2D eigenvalue weighted by atomic mass is 16.6. The number of carbonyl (C=O) groups is 1. The van der Waals surface area contributed by atoms with Crippen LogP contribution >= 0.6 is 0 Å². The van der Waals surface area contributed by atoms with Gasteiger partial charge in [0.15, 0.2) is 0 Å². The number of carbonyl (C=O) groups excluding carboxylic acids is 1. The quantitative estimate of drug-likeness (QED) is 0.355. The second-order valence-electron chi connectivity index (χ2n) is 9.35. The Morgan fingerprint density at radius 1 is 0.933 bits per heavy atom. The molecule has 4 heteroatoms. The number of hydrogen-bond donors (Lipinski definition) is 0. The minimum atomic E-state index is -0.181. The van der Waals surface area contributed by atoms with Gasteiger partial charge in [-0.05, 0) is 44.8 Å². The monoisotopic (exact) mass is 401 g/mol. The van der Waals surface area contributed by atoms with Crippen molar-refractivity contribution in [3.8, 4) is 0 Å². The fraction of sp³-hybridized carbons (Fsp3) is 0.346. The lowest BCUT2D eigenvalue weighted by atomic mass is 9.90. The van der Waals surface area contributed by atoms with Crippen LogP contribution in [-0.4, -0.2) is 61.9 Å². The molecule has 0 aliphatic carbocycles. The number of quaternary nitrogens is 1. The summed E-state index contributed by atoms with van der Waals surface area (Å²) in [5, 5.41) is 7.71. The molecule has 1 amide bonds. The molecule has 4 aromatic rings. The van der Waals surface area contributed by atoms with Crippen LogP contribution in [0.15, 0.2) is 54.6 Å². The second-order valence-corrected chi connectivity index (χ2v) is 9.35. The third-order valence-corrected chi connectivity index (χ3v) is 6.64. The molecule has 1 fully saturated rings. The van der Waals surface area contributed by atoms with Crippen LogP contribution in [0.4, 0.5) is 4.79 Å². The van der Waals surface area contributed by atoms with E-state index in [1.165, 1.54) is 37.9 Å². The van der Waals surface area contributed by atoms with Crippen LogP contribution in [0, 0.1) is 0 Å². The highest BCUT2D eigenvalue weighted by Crippen LogP contribution is 2.36. The first-order chi connectivity index (χ1) is 14.4. The predicted octanol–water partition coefficient (Wildman–Crippen LogP) is 5.04. The lowest BCUT2D eigenvalue weighted by molar-refractivity contribution is -0.894. The molecule has 0 N–H and O–H groups in total. The summed E-state index contributed by atoms with van der Waals surface area (Å²) in [7, 11) is 4.42. The molecule has 0 radical (unpaired) electrons. The minimum absolute atomic E-state index is 0.166. The van der Waals surface area contributed by atoms with Crippen molar-refractivity contribution in [1.29, 1.82) is 0 Å². The van der Waals surface area contributed by atoms with Gasteiger partial charge in [-0.3, -0.25) is 4.90 Å². The molecule has 4 aromatic carbocycles. The fourth-order valence-corrected chi connectivity index (χ4v) is 4.76. The fourth-order valence-electron chi connectivity index (χ4n) is 4.76. The maximum absolute atomic E-state index is 12.6. The van der Waals surface area contributed by atoms with E-state index in [4.69, 9.17) is 4.74 Å². The van der Waals surface area contributed by atoms with Crippen molar-refractivity contribution >= 4 is 38.4 Å². The van der Waals surface area contributed by atoms with Crippen molar-refractivity contribution in [2.45, 2.75) is 19.4 Å². The van der Waals surface area contributed by atoms with E-state index in [0.29, 0.717) is 0 Å². The number of ether oxygens (including phenoxy) is 1.